The maximum atomic E-state index is 11.6. The molecule has 3 aromatic carbocycles. The van der Waals surface area contributed by atoms with Gasteiger partial charge in [0.15, 0.2) is 24.8 Å². The van der Waals surface area contributed by atoms with Crippen molar-refractivity contribution >= 4 is 32.0 Å². The topological polar surface area (TPSA) is 87.4 Å². The molecule has 0 spiro atoms. The van der Waals surface area contributed by atoms with Gasteiger partial charge in [-0.1, -0.05) is 35.4 Å². The first-order valence-corrected chi connectivity index (χ1v) is 12.4. The number of benzene rings is 3. The first-order valence-electron chi connectivity index (χ1n) is 9.79. The molecule has 0 unspecified atom stereocenters. The van der Waals surface area contributed by atoms with Gasteiger partial charge in [-0.05, 0) is 56.3 Å². The Bertz CT molecular complexity index is 1400. The minimum Gasteiger partial charge on any atom is -0.741 e. The molecule has 0 bridgehead atoms. The molecule has 0 amide bonds. The summed E-state index contributed by atoms with van der Waals surface area (Å²) in [7, 11) is -6.35. The second-order valence-corrected chi connectivity index (χ2v) is 10.7. The number of rotatable bonds is 3. The smallest absolute Gasteiger partial charge is 0.485 e. The monoisotopic (exact) mass is 508 g/mol. The van der Waals surface area contributed by atoms with Crippen molar-refractivity contribution in [1.82, 2.24) is 0 Å². The van der Waals surface area contributed by atoms with Crippen molar-refractivity contribution < 1.29 is 30.6 Å². The lowest BCUT2D eigenvalue weighted by molar-refractivity contribution is -0.0517. The van der Waals surface area contributed by atoms with E-state index in [-0.39, 0.29) is 16.5 Å². The Hall–Kier alpha value is -3.08. The van der Waals surface area contributed by atoms with Gasteiger partial charge in [-0.15, -0.1) is 0 Å². The van der Waals surface area contributed by atoms with Crippen molar-refractivity contribution in [1.29, 1.82) is 0 Å². The fourth-order valence-corrected chi connectivity index (χ4v) is 4.99. The summed E-state index contributed by atoms with van der Waals surface area (Å²) in [5.41, 5.74) is -2.85. The maximum Gasteiger partial charge on any atom is 0.485 e. The molecule has 0 N–H and O–H groups in total. The third kappa shape index (κ3) is 6.28. The normalized spacial score (nSPS) is 11.9. The van der Waals surface area contributed by atoms with Crippen molar-refractivity contribution in [2.75, 3.05) is 0 Å². The largest absolute Gasteiger partial charge is 0.741 e. The lowest BCUT2D eigenvalue weighted by atomic mass is 10.2. The molecule has 4 aromatic rings. The molecular formula is C24H19F3O5S2. The molecule has 1 aromatic heterocycles. The molecule has 0 saturated heterocycles. The van der Waals surface area contributed by atoms with E-state index in [1.807, 2.05) is 12.1 Å². The van der Waals surface area contributed by atoms with Crippen LogP contribution in [0.4, 0.5) is 13.2 Å². The van der Waals surface area contributed by atoms with E-state index in [9.17, 15) is 18.0 Å². The van der Waals surface area contributed by atoms with Gasteiger partial charge in [-0.3, -0.25) is 0 Å². The van der Waals surface area contributed by atoms with E-state index >= 15 is 0 Å². The summed E-state index contributed by atoms with van der Waals surface area (Å²) < 4.78 is 64.3. The minimum atomic E-state index is -6.09. The van der Waals surface area contributed by atoms with Crippen LogP contribution in [0.5, 0.6) is 0 Å². The Kier molecular flexibility index (Phi) is 7.54. The summed E-state index contributed by atoms with van der Waals surface area (Å²) in [6.07, 6.45) is 0. The third-order valence-electron chi connectivity index (χ3n) is 4.63. The fraction of sp³-hybridized carbons (Fsp3) is 0.125. The van der Waals surface area contributed by atoms with Crippen molar-refractivity contribution in [3.63, 3.8) is 0 Å². The zero-order chi connectivity index (χ0) is 25.1. The van der Waals surface area contributed by atoms with Crippen LogP contribution in [0.25, 0.3) is 11.0 Å². The molecule has 0 aliphatic rings. The van der Waals surface area contributed by atoms with Crippen LogP contribution in [-0.2, 0) is 21.0 Å². The van der Waals surface area contributed by atoms with Crippen LogP contribution in [0.2, 0.25) is 0 Å². The summed E-state index contributed by atoms with van der Waals surface area (Å²) in [5, 5.41) is 0.935. The zero-order valence-corrected chi connectivity index (χ0v) is 19.6. The van der Waals surface area contributed by atoms with E-state index in [4.69, 9.17) is 17.4 Å². The van der Waals surface area contributed by atoms with Crippen molar-refractivity contribution in [3.8, 4) is 0 Å². The van der Waals surface area contributed by atoms with Crippen LogP contribution in [0.15, 0.2) is 103 Å². The molecule has 178 valence electrons. The average Bonchev–Trinajstić information content (AvgIpc) is 2.75. The van der Waals surface area contributed by atoms with Gasteiger partial charge in [0.1, 0.15) is 5.58 Å². The molecule has 5 nitrogen and oxygen atoms in total. The van der Waals surface area contributed by atoms with Crippen LogP contribution in [0.1, 0.15) is 11.1 Å². The van der Waals surface area contributed by atoms with E-state index in [1.165, 1.54) is 27.0 Å². The molecular weight excluding hydrogens is 489 g/mol. The Morgan fingerprint density at radius 2 is 1.18 bits per heavy atom. The molecule has 0 saturated carbocycles. The average molecular weight is 509 g/mol. The van der Waals surface area contributed by atoms with Crippen molar-refractivity contribution in [3.05, 3.63) is 100 Å². The van der Waals surface area contributed by atoms with Gasteiger partial charge < -0.3 is 8.97 Å². The quantitative estimate of drug-likeness (QED) is 0.157. The van der Waals surface area contributed by atoms with Gasteiger partial charge in [0.25, 0.3) is 0 Å². The fourth-order valence-electron chi connectivity index (χ4n) is 2.92. The van der Waals surface area contributed by atoms with Crippen LogP contribution in [0.3, 0.4) is 0 Å². The molecule has 0 fully saturated rings. The van der Waals surface area contributed by atoms with Crippen LogP contribution in [-0.4, -0.2) is 18.5 Å². The van der Waals surface area contributed by atoms with Crippen LogP contribution < -0.4 is 5.63 Å². The SMILES string of the molecule is Cc1ccc([S+](c2ccc(C)cc2)c2ccc3ccc(=O)oc3c2)cc1.O=S(=O)([O-])C(F)(F)F. The van der Waals surface area contributed by atoms with E-state index in [2.05, 4.69) is 68.4 Å². The van der Waals surface area contributed by atoms with Gasteiger partial charge in [0, 0.05) is 17.5 Å². The van der Waals surface area contributed by atoms with Crippen molar-refractivity contribution in [2.45, 2.75) is 34.0 Å². The predicted molar refractivity (Wildman–Crippen MR) is 123 cm³/mol. The van der Waals surface area contributed by atoms with Gasteiger partial charge >= 0.3 is 11.1 Å². The number of halogens is 3. The highest BCUT2D eigenvalue weighted by molar-refractivity contribution is 7.97. The molecule has 34 heavy (non-hydrogen) atoms. The number of alkyl halides is 3. The predicted octanol–water partition coefficient (Wildman–Crippen LogP) is 5.56. The summed E-state index contributed by atoms with van der Waals surface area (Å²) >= 11 is 0. The molecule has 0 atom stereocenters. The molecule has 0 radical (unpaired) electrons. The number of hydrogen-bond acceptors (Lipinski definition) is 5. The van der Waals surface area contributed by atoms with E-state index in [1.54, 1.807) is 6.07 Å². The molecule has 0 aliphatic heterocycles. The van der Waals surface area contributed by atoms with E-state index in [0.29, 0.717) is 5.58 Å². The van der Waals surface area contributed by atoms with E-state index in [0.717, 1.165) is 10.3 Å². The minimum absolute atomic E-state index is 0.256. The second kappa shape index (κ2) is 10.0. The lowest BCUT2D eigenvalue weighted by Crippen LogP contribution is -2.21. The summed E-state index contributed by atoms with van der Waals surface area (Å²) in [6.45, 7) is 4.19. The Labute approximate surface area is 197 Å². The highest BCUT2D eigenvalue weighted by Crippen LogP contribution is 2.33. The first kappa shape index (κ1) is 25.5. The zero-order valence-electron chi connectivity index (χ0n) is 18.0. The molecule has 10 heteroatoms. The van der Waals surface area contributed by atoms with Crippen molar-refractivity contribution in [2.24, 2.45) is 0 Å². The van der Waals surface area contributed by atoms with Crippen LogP contribution >= 0.6 is 0 Å². The number of hydrogen-bond donors (Lipinski definition) is 0. The lowest BCUT2D eigenvalue weighted by Gasteiger charge is -2.09. The van der Waals surface area contributed by atoms with Crippen LogP contribution in [0, 0.1) is 13.8 Å². The summed E-state index contributed by atoms with van der Waals surface area (Å²) in [4.78, 5) is 15.2. The first-order chi connectivity index (χ1) is 15.8. The van der Waals surface area contributed by atoms with Gasteiger partial charge in [-0.2, -0.15) is 13.2 Å². The highest BCUT2D eigenvalue weighted by atomic mass is 32.2. The summed E-state index contributed by atoms with van der Waals surface area (Å²) in [6, 6.07) is 26.7. The van der Waals surface area contributed by atoms with Gasteiger partial charge in [-0.25, -0.2) is 13.2 Å². The maximum absolute atomic E-state index is 11.6. The second-order valence-electron chi connectivity index (χ2n) is 7.29. The highest BCUT2D eigenvalue weighted by Gasteiger charge is 2.37. The van der Waals surface area contributed by atoms with Gasteiger partial charge in [0.05, 0.1) is 10.9 Å². The molecule has 4 rings (SSSR count). The molecule has 1 heterocycles. The Balaban J connectivity index is 0.000000350. The summed E-state index contributed by atoms with van der Waals surface area (Å²) in [5.74, 6) is 0. The van der Waals surface area contributed by atoms with Gasteiger partial charge in [0.2, 0.25) is 0 Å². The van der Waals surface area contributed by atoms with E-state index < -0.39 is 15.6 Å². The molecule has 0 aliphatic carbocycles. The third-order valence-corrected chi connectivity index (χ3v) is 7.41. The number of aryl methyl sites for hydroxylation is 2. The number of fused-ring (bicyclic) bond motifs is 1. The standard InChI is InChI=1S/C23H19O2S.CHF3O3S/c1-16-3-9-19(10-4-16)26(20-11-5-17(2)6-12-20)21-13-7-18-8-14-23(24)25-22(18)15-21;2-1(3,4)8(5,6)7/h3-15H,1-2H3;(H,5,6,7)/q+1;/p-1. The Morgan fingerprint density at radius 1 is 0.765 bits per heavy atom. The Morgan fingerprint density at radius 3 is 1.62 bits per heavy atom.